The molecule has 0 saturated heterocycles. The molecule has 1 atom stereocenters. The van der Waals surface area contributed by atoms with Crippen molar-refractivity contribution in [1.29, 1.82) is 0 Å². The molecule has 4 nitrogen and oxygen atoms in total. The Balaban J connectivity index is 2.03. The lowest BCUT2D eigenvalue weighted by Gasteiger charge is -2.21. The normalized spacial score (nSPS) is 12.5. The van der Waals surface area contributed by atoms with Gasteiger partial charge in [-0.25, -0.2) is 0 Å². The van der Waals surface area contributed by atoms with Crippen molar-refractivity contribution < 1.29 is 9.32 Å². The molecule has 0 fully saturated rings. The first-order chi connectivity index (χ1) is 10.2. The van der Waals surface area contributed by atoms with Crippen LogP contribution < -0.4 is 0 Å². The van der Waals surface area contributed by atoms with Crippen LogP contribution in [0.15, 0.2) is 53.7 Å². The highest BCUT2D eigenvalue weighted by molar-refractivity contribution is 7.84. The summed E-state index contributed by atoms with van der Waals surface area (Å²) in [5.74, 6) is 0. The summed E-state index contributed by atoms with van der Waals surface area (Å²) >= 11 is 0. The van der Waals surface area contributed by atoms with E-state index in [0.717, 1.165) is 29.1 Å². The molecular formula is C16H20N2O2S. The van der Waals surface area contributed by atoms with Crippen molar-refractivity contribution in [2.24, 2.45) is 0 Å². The number of benzene rings is 1. The lowest BCUT2D eigenvalue weighted by Crippen LogP contribution is -2.26. The minimum absolute atomic E-state index is 0.122. The smallest absolute Gasteiger partial charge is 0.0558 e. The van der Waals surface area contributed by atoms with E-state index in [1.54, 1.807) is 12.5 Å². The minimum Gasteiger partial charge on any atom is -0.395 e. The van der Waals surface area contributed by atoms with Gasteiger partial charge in [0.2, 0.25) is 0 Å². The second-order valence-corrected chi connectivity index (χ2v) is 6.27. The molecule has 2 aromatic rings. The van der Waals surface area contributed by atoms with Crippen LogP contribution in [0, 0.1) is 0 Å². The molecule has 0 amide bonds. The summed E-state index contributed by atoms with van der Waals surface area (Å²) in [6.45, 7) is 2.22. The highest BCUT2D eigenvalue weighted by atomic mass is 32.2. The zero-order chi connectivity index (χ0) is 15.1. The number of rotatable bonds is 7. The molecular weight excluding hydrogens is 284 g/mol. The maximum Gasteiger partial charge on any atom is 0.0558 e. The number of hydrogen-bond donors (Lipinski definition) is 1. The molecule has 1 N–H and O–H groups in total. The monoisotopic (exact) mass is 304 g/mol. The molecule has 1 aromatic carbocycles. The van der Waals surface area contributed by atoms with Gasteiger partial charge in [-0.2, -0.15) is 0 Å². The first-order valence-corrected chi connectivity index (χ1v) is 8.39. The van der Waals surface area contributed by atoms with Crippen LogP contribution in [0.1, 0.15) is 11.1 Å². The standard InChI is InChI=1S/C16H20N2O2S/c1-21(20)16-6-4-14(5-7-16)12-18(9-10-19)13-15-3-2-8-17-11-15/h2-8,11,19H,9-10,12-13H2,1H3. The van der Waals surface area contributed by atoms with Crippen molar-refractivity contribution in [2.75, 3.05) is 19.4 Å². The summed E-state index contributed by atoms with van der Waals surface area (Å²) in [5.41, 5.74) is 2.26. The SMILES string of the molecule is CS(=O)c1ccc(CN(CCO)Cc2cccnc2)cc1. The van der Waals surface area contributed by atoms with Gasteiger partial charge in [0.25, 0.3) is 0 Å². The van der Waals surface area contributed by atoms with Gasteiger partial charge in [0.15, 0.2) is 0 Å². The van der Waals surface area contributed by atoms with Gasteiger partial charge in [-0.05, 0) is 29.3 Å². The van der Waals surface area contributed by atoms with Crippen molar-refractivity contribution in [1.82, 2.24) is 9.88 Å². The minimum atomic E-state index is -0.947. The van der Waals surface area contributed by atoms with E-state index in [4.69, 9.17) is 0 Å². The molecule has 0 aliphatic heterocycles. The van der Waals surface area contributed by atoms with Crippen molar-refractivity contribution in [2.45, 2.75) is 18.0 Å². The van der Waals surface area contributed by atoms with Gasteiger partial charge in [0, 0.05) is 54.0 Å². The van der Waals surface area contributed by atoms with Crippen molar-refractivity contribution in [3.8, 4) is 0 Å². The Morgan fingerprint density at radius 3 is 2.43 bits per heavy atom. The number of aromatic nitrogens is 1. The quantitative estimate of drug-likeness (QED) is 0.848. The van der Waals surface area contributed by atoms with Gasteiger partial charge in [0.05, 0.1) is 6.61 Å². The fourth-order valence-corrected chi connectivity index (χ4v) is 2.67. The summed E-state index contributed by atoms with van der Waals surface area (Å²) in [6.07, 6.45) is 5.27. The Labute approximate surface area is 127 Å². The second kappa shape index (κ2) is 8.02. The largest absolute Gasteiger partial charge is 0.395 e. The second-order valence-electron chi connectivity index (χ2n) is 4.89. The van der Waals surface area contributed by atoms with E-state index in [1.807, 2.05) is 42.6 Å². The molecule has 0 bridgehead atoms. The van der Waals surface area contributed by atoms with Gasteiger partial charge >= 0.3 is 0 Å². The van der Waals surface area contributed by atoms with Crippen LogP contribution in [-0.2, 0) is 23.9 Å². The van der Waals surface area contributed by atoms with Crippen molar-refractivity contribution in [3.05, 3.63) is 59.9 Å². The number of aliphatic hydroxyl groups excluding tert-OH is 1. The average Bonchev–Trinajstić information content (AvgIpc) is 2.49. The molecule has 0 saturated carbocycles. The van der Waals surface area contributed by atoms with Crippen LogP contribution in [-0.4, -0.2) is 38.6 Å². The predicted octanol–water partition coefficient (Wildman–Crippen LogP) is 1.81. The third-order valence-electron chi connectivity index (χ3n) is 3.21. The number of hydrogen-bond acceptors (Lipinski definition) is 4. The highest BCUT2D eigenvalue weighted by Gasteiger charge is 2.07. The Morgan fingerprint density at radius 2 is 1.86 bits per heavy atom. The molecule has 2 rings (SSSR count). The van der Waals surface area contributed by atoms with Gasteiger partial charge in [-0.3, -0.25) is 14.1 Å². The Bertz CT molecular complexity index is 573. The first-order valence-electron chi connectivity index (χ1n) is 6.83. The average molecular weight is 304 g/mol. The van der Waals surface area contributed by atoms with Gasteiger partial charge < -0.3 is 5.11 Å². The van der Waals surface area contributed by atoms with E-state index in [0.29, 0.717) is 6.54 Å². The van der Waals surface area contributed by atoms with Gasteiger partial charge in [-0.15, -0.1) is 0 Å². The van der Waals surface area contributed by atoms with E-state index in [1.165, 1.54) is 0 Å². The Kier molecular flexibility index (Phi) is 6.04. The topological polar surface area (TPSA) is 53.4 Å². The van der Waals surface area contributed by atoms with Crippen molar-refractivity contribution in [3.63, 3.8) is 0 Å². The molecule has 21 heavy (non-hydrogen) atoms. The van der Waals surface area contributed by atoms with Crippen LogP contribution in [0.3, 0.4) is 0 Å². The first kappa shape index (κ1) is 15.8. The van der Waals surface area contributed by atoms with E-state index in [-0.39, 0.29) is 6.61 Å². The molecule has 0 aliphatic carbocycles. The Morgan fingerprint density at radius 1 is 1.14 bits per heavy atom. The molecule has 1 unspecified atom stereocenters. The highest BCUT2D eigenvalue weighted by Crippen LogP contribution is 2.12. The van der Waals surface area contributed by atoms with Crippen molar-refractivity contribution >= 4 is 10.8 Å². The Hall–Kier alpha value is -1.56. The maximum atomic E-state index is 11.4. The summed E-state index contributed by atoms with van der Waals surface area (Å²) in [5, 5.41) is 9.21. The van der Waals surface area contributed by atoms with E-state index < -0.39 is 10.8 Å². The fourth-order valence-electron chi connectivity index (χ4n) is 2.15. The summed E-state index contributed by atoms with van der Waals surface area (Å²) in [6, 6.07) is 11.7. The van der Waals surface area contributed by atoms with Crippen LogP contribution in [0.4, 0.5) is 0 Å². The van der Waals surface area contributed by atoms with Crippen LogP contribution >= 0.6 is 0 Å². The molecule has 0 aliphatic rings. The van der Waals surface area contributed by atoms with Crippen LogP contribution in [0.5, 0.6) is 0 Å². The van der Waals surface area contributed by atoms with Gasteiger partial charge in [0.1, 0.15) is 0 Å². The van der Waals surface area contributed by atoms with Crippen LogP contribution in [0.25, 0.3) is 0 Å². The predicted molar refractivity (Wildman–Crippen MR) is 84.2 cm³/mol. The van der Waals surface area contributed by atoms with Gasteiger partial charge in [-0.1, -0.05) is 18.2 Å². The number of aliphatic hydroxyl groups is 1. The lowest BCUT2D eigenvalue weighted by molar-refractivity contribution is 0.184. The third-order valence-corrected chi connectivity index (χ3v) is 4.14. The van der Waals surface area contributed by atoms with Crippen LogP contribution in [0.2, 0.25) is 0 Å². The molecule has 5 heteroatoms. The maximum absolute atomic E-state index is 11.4. The molecule has 0 radical (unpaired) electrons. The number of nitrogens with zero attached hydrogens (tertiary/aromatic N) is 2. The van der Waals surface area contributed by atoms with E-state index in [2.05, 4.69) is 9.88 Å². The molecule has 1 heterocycles. The summed E-state index contributed by atoms with van der Waals surface area (Å²) in [4.78, 5) is 7.11. The summed E-state index contributed by atoms with van der Waals surface area (Å²) in [7, 11) is -0.947. The fraction of sp³-hybridized carbons (Fsp3) is 0.312. The summed E-state index contributed by atoms with van der Waals surface area (Å²) < 4.78 is 11.4. The lowest BCUT2D eigenvalue weighted by atomic mass is 10.2. The molecule has 112 valence electrons. The van der Waals surface area contributed by atoms with E-state index >= 15 is 0 Å². The molecule has 0 spiro atoms. The number of pyridine rings is 1. The zero-order valence-corrected chi connectivity index (χ0v) is 12.9. The van der Waals surface area contributed by atoms with E-state index in [9.17, 15) is 9.32 Å². The zero-order valence-electron chi connectivity index (χ0n) is 12.1. The molecule has 1 aromatic heterocycles. The third kappa shape index (κ3) is 5.04.